The zero-order chi connectivity index (χ0) is 14.8. The Hall–Kier alpha value is -1.31. The van der Waals surface area contributed by atoms with Crippen molar-refractivity contribution < 1.29 is 0 Å². The highest BCUT2D eigenvalue weighted by Gasteiger charge is 2.25. The number of nitrogens with two attached hydrogens (primary N) is 1. The monoisotopic (exact) mass is 299 g/mol. The van der Waals surface area contributed by atoms with Gasteiger partial charge in [0.05, 0.1) is 0 Å². The predicted molar refractivity (Wildman–Crippen MR) is 89.7 cm³/mol. The third-order valence-electron chi connectivity index (χ3n) is 4.63. The lowest BCUT2D eigenvalue weighted by Gasteiger charge is -2.23. The van der Waals surface area contributed by atoms with Crippen molar-refractivity contribution in [3.05, 3.63) is 69.7 Å². The van der Waals surface area contributed by atoms with Crippen LogP contribution in [0.2, 0.25) is 5.02 Å². The highest BCUT2D eigenvalue weighted by Crippen LogP contribution is 2.34. The smallest absolute Gasteiger partial charge is 0.0440 e. The van der Waals surface area contributed by atoms with Crippen molar-refractivity contribution in [2.75, 3.05) is 0 Å². The van der Waals surface area contributed by atoms with Crippen LogP contribution < -0.4 is 5.73 Å². The maximum atomic E-state index is 6.58. The van der Waals surface area contributed by atoms with E-state index in [4.69, 9.17) is 17.3 Å². The Morgan fingerprint density at radius 3 is 2.81 bits per heavy atom. The van der Waals surface area contributed by atoms with E-state index in [2.05, 4.69) is 43.3 Å². The van der Waals surface area contributed by atoms with Crippen LogP contribution in [-0.2, 0) is 12.8 Å². The predicted octanol–water partition coefficient (Wildman–Crippen LogP) is 4.84. The summed E-state index contributed by atoms with van der Waals surface area (Å²) in [5.74, 6) is 0.467. The van der Waals surface area contributed by atoms with E-state index in [9.17, 15) is 0 Å². The molecule has 0 heterocycles. The average molecular weight is 300 g/mol. The number of benzene rings is 2. The summed E-state index contributed by atoms with van der Waals surface area (Å²) >= 11 is 6.40. The molecule has 0 amide bonds. The van der Waals surface area contributed by atoms with Crippen molar-refractivity contribution in [1.29, 1.82) is 0 Å². The average Bonchev–Trinajstić information content (AvgIpc) is 2.63. The van der Waals surface area contributed by atoms with E-state index in [-0.39, 0.29) is 6.04 Å². The molecule has 0 aliphatic heterocycles. The molecule has 1 aliphatic carbocycles. The Kier molecular flexibility index (Phi) is 4.32. The molecule has 2 atom stereocenters. The van der Waals surface area contributed by atoms with Gasteiger partial charge in [0.2, 0.25) is 0 Å². The number of aryl methyl sites for hydroxylation is 2. The minimum atomic E-state index is 0.112. The van der Waals surface area contributed by atoms with Gasteiger partial charge in [0.25, 0.3) is 0 Å². The van der Waals surface area contributed by atoms with Crippen LogP contribution in [0.5, 0.6) is 0 Å². The molecule has 2 N–H and O–H groups in total. The second-order valence-corrected chi connectivity index (χ2v) is 6.58. The fraction of sp³-hybridized carbons (Fsp3) is 0.368. The van der Waals surface area contributed by atoms with E-state index in [0.29, 0.717) is 5.92 Å². The number of hydrogen-bond acceptors (Lipinski definition) is 1. The standard InChI is InChI=1S/C19H22ClN/c1-13-9-10-15(18(20)11-13)12-16-7-4-6-14-5-2-3-8-17(14)19(16)21/h2-3,5,8-11,16,19H,4,6-7,12,21H2,1H3. The summed E-state index contributed by atoms with van der Waals surface area (Å²) in [5.41, 5.74) is 11.7. The minimum absolute atomic E-state index is 0.112. The molecule has 1 aliphatic rings. The Balaban J connectivity index is 1.86. The SMILES string of the molecule is Cc1ccc(CC2CCCc3ccccc3C2N)c(Cl)c1. The summed E-state index contributed by atoms with van der Waals surface area (Å²) in [6.07, 6.45) is 4.48. The van der Waals surface area contributed by atoms with Gasteiger partial charge < -0.3 is 5.73 Å². The molecule has 2 aromatic carbocycles. The topological polar surface area (TPSA) is 26.0 Å². The first-order valence-corrected chi connectivity index (χ1v) is 8.11. The molecular formula is C19H22ClN. The van der Waals surface area contributed by atoms with Gasteiger partial charge in [-0.25, -0.2) is 0 Å². The number of halogens is 1. The van der Waals surface area contributed by atoms with E-state index >= 15 is 0 Å². The van der Waals surface area contributed by atoms with Crippen molar-refractivity contribution in [1.82, 2.24) is 0 Å². The third kappa shape index (κ3) is 3.14. The second-order valence-electron chi connectivity index (χ2n) is 6.18. The van der Waals surface area contributed by atoms with Gasteiger partial charge >= 0.3 is 0 Å². The van der Waals surface area contributed by atoms with Crippen molar-refractivity contribution in [3.63, 3.8) is 0 Å². The molecular weight excluding hydrogens is 278 g/mol. The zero-order valence-corrected chi connectivity index (χ0v) is 13.2. The van der Waals surface area contributed by atoms with E-state index < -0.39 is 0 Å². The van der Waals surface area contributed by atoms with Gasteiger partial charge in [-0.3, -0.25) is 0 Å². The molecule has 21 heavy (non-hydrogen) atoms. The summed E-state index contributed by atoms with van der Waals surface area (Å²) < 4.78 is 0. The maximum absolute atomic E-state index is 6.58. The van der Waals surface area contributed by atoms with Gasteiger partial charge in [0.15, 0.2) is 0 Å². The van der Waals surface area contributed by atoms with Gasteiger partial charge in [-0.2, -0.15) is 0 Å². The first-order chi connectivity index (χ1) is 10.1. The van der Waals surface area contributed by atoms with Crippen molar-refractivity contribution in [2.24, 2.45) is 11.7 Å². The molecule has 0 saturated heterocycles. The molecule has 0 spiro atoms. The lowest BCUT2D eigenvalue weighted by atomic mass is 9.86. The van der Waals surface area contributed by atoms with Crippen LogP contribution in [0.15, 0.2) is 42.5 Å². The highest BCUT2D eigenvalue weighted by atomic mass is 35.5. The van der Waals surface area contributed by atoms with E-state index in [1.54, 1.807) is 0 Å². The van der Waals surface area contributed by atoms with Gasteiger partial charge in [-0.15, -0.1) is 0 Å². The minimum Gasteiger partial charge on any atom is -0.324 e. The molecule has 2 heteroatoms. The summed E-state index contributed by atoms with van der Waals surface area (Å²) in [5, 5.41) is 0.875. The van der Waals surface area contributed by atoms with Crippen LogP contribution >= 0.6 is 11.6 Å². The quantitative estimate of drug-likeness (QED) is 0.789. The number of hydrogen-bond donors (Lipinski definition) is 1. The summed E-state index contributed by atoms with van der Waals surface area (Å²) in [6.45, 7) is 2.07. The van der Waals surface area contributed by atoms with Crippen LogP contribution in [0.1, 0.15) is 41.1 Å². The molecule has 2 unspecified atom stereocenters. The maximum Gasteiger partial charge on any atom is 0.0440 e. The third-order valence-corrected chi connectivity index (χ3v) is 4.99. The van der Waals surface area contributed by atoms with Crippen LogP contribution in [0.25, 0.3) is 0 Å². The first-order valence-electron chi connectivity index (χ1n) is 7.73. The first kappa shape index (κ1) is 14.6. The molecule has 2 aromatic rings. The Labute approximate surface area is 132 Å². The largest absolute Gasteiger partial charge is 0.324 e. The van der Waals surface area contributed by atoms with E-state index in [1.165, 1.54) is 35.1 Å². The number of fused-ring (bicyclic) bond motifs is 1. The van der Waals surface area contributed by atoms with Crippen molar-refractivity contribution in [2.45, 2.75) is 38.6 Å². The molecule has 0 radical (unpaired) electrons. The fourth-order valence-electron chi connectivity index (χ4n) is 3.40. The summed E-state index contributed by atoms with van der Waals surface area (Å²) in [4.78, 5) is 0. The molecule has 0 bridgehead atoms. The molecule has 0 fully saturated rings. The number of rotatable bonds is 2. The Bertz CT molecular complexity index is 635. The van der Waals surface area contributed by atoms with Crippen molar-refractivity contribution in [3.8, 4) is 0 Å². The van der Waals surface area contributed by atoms with Gasteiger partial charge in [0.1, 0.15) is 0 Å². The molecule has 0 aromatic heterocycles. The normalized spacial score (nSPS) is 21.7. The van der Waals surface area contributed by atoms with E-state index in [0.717, 1.165) is 17.9 Å². The van der Waals surface area contributed by atoms with Gasteiger partial charge in [-0.05, 0) is 66.8 Å². The second kappa shape index (κ2) is 6.21. The zero-order valence-electron chi connectivity index (χ0n) is 12.5. The Morgan fingerprint density at radius 2 is 2.00 bits per heavy atom. The van der Waals surface area contributed by atoms with Crippen molar-refractivity contribution >= 4 is 11.6 Å². The van der Waals surface area contributed by atoms with Crippen LogP contribution in [0.4, 0.5) is 0 Å². The van der Waals surface area contributed by atoms with Crippen LogP contribution in [0, 0.1) is 12.8 Å². The van der Waals surface area contributed by atoms with Crippen LogP contribution in [-0.4, -0.2) is 0 Å². The summed E-state index contributed by atoms with van der Waals surface area (Å²) in [6, 6.07) is 15.1. The van der Waals surface area contributed by atoms with Gasteiger partial charge in [0, 0.05) is 11.1 Å². The molecule has 3 rings (SSSR count). The van der Waals surface area contributed by atoms with Gasteiger partial charge in [-0.1, -0.05) is 48.0 Å². The molecule has 0 saturated carbocycles. The highest BCUT2D eigenvalue weighted by molar-refractivity contribution is 6.31. The van der Waals surface area contributed by atoms with Crippen LogP contribution in [0.3, 0.4) is 0 Å². The lowest BCUT2D eigenvalue weighted by molar-refractivity contribution is 0.402. The summed E-state index contributed by atoms with van der Waals surface area (Å²) in [7, 11) is 0. The molecule has 1 nitrogen and oxygen atoms in total. The Morgan fingerprint density at radius 1 is 1.19 bits per heavy atom. The lowest BCUT2D eigenvalue weighted by Crippen LogP contribution is -2.23. The van der Waals surface area contributed by atoms with E-state index in [1.807, 2.05) is 6.07 Å². The fourth-order valence-corrected chi connectivity index (χ4v) is 3.72. The molecule has 110 valence electrons.